The van der Waals surface area contributed by atoms with Crippen LogP contribution in [0.5, 0.6) is 0 Å². The third kappa shape index (κ3) is 9.20. The van der Waals surface area contributed by atoms with E-state index in [2.05, 4.69) is 4.98 Å². The first-order valence-electron chi connectivity index (χ1n) is 10.2. The summed E-state index contributed by atoms with van der Waals surface area (Å²) in [6.45, 7) is 3.73. The molecule has 0 aliphatic rings. The highest BCUT2D eigenvalue weighted by Crippen LogP contribution is 2.23. The van der Waals surface area contributed by atoms with Crippen LogP contribution in [0.2, 0.25) is 0 Å². The Morgan fingerprint density at radius 3 is 2.16 bits per heavy atom. The number of unbranched alkanes of at least 4 members (excludes halogenated alkanes) is 2. The molecule has 8 nitrogen and oxygen atoms in total. The van der Waals surface area contributed by atoms with Crippen molar-refractivity contribution in [1.29, 1.82) is 0 Å². The number of benzene rings is 1. The maximum atomic E-state index is 12.3. The van der Waals surface area contributed by atoms with Crippen molar-refractivity contribution in [2.75, 3.05) is 28.8 Å². The standard InChI is InChI=1S/C20H29NO7S3/c1-3-5-11-30(23,24)14-16(15-31(25,26)12-6-4-2)27-19(22)13-29-20-21-17-9-7-8-10-18(17)28-20/h7-10,16H,3-6,11-15H2,1-2H3. The van der Waals surface area contributed by atoms with Gasteiger partial charge in [-0.15, -0.1) is 0 Å². The van der Waals surface area contributed by atoms with E-state index in [9.17, 15) is 21.6 Å². The predicted molar refractivity (Wildman–Crippen MR) is 122 cm³/mol. The number of hydrogen-bond acceptors (Lipinski definition) is 9. The maximum Gasteiger partial charge on any atom is 0.316 e. The summed E-state index contributed by atoms with van der Waals surface area (Å²) in [5, 5.41) is 0.279. The first kappa shape index (κ1) is 25.7. The first-order valence-corrected chi connectivity index (χ1v) is 14.9. The average Bonchev–Trinajstić information content (AvgIpc) is 3.11. The van der Waals surface area contributed by atoms with Gasteiger partial charge in [0.15, 0.2) is 25.3 Å². The van der Waals surface area contributed by atoms with E-state index in [1.54, 1.807) is 18.2 Å². The molecule has 0 unspecified atom stereocenters. The number of sulfone groups is 2. The molecule has 31 heavy (non-hydrogen) atoms. The van der Waals surface area contributed by atoms with Crippen LogP contribution >= 0.6 is 11.8 Å². The van der Waals surface area contributed by atoms with E-state index in [1.807, 2.05) is 19.9 Å². The molecule has 0 aliphatic carbocycles. The summed E-state index contributed by atoms with van der Waals surface area (Å²) in [7, 11) is -7.09. The lowest BCUT2D eigenvalue weighted by molar-refractivity contribution is -0.143. The Hall–Kier alpha value is -1.59. The van der Waals surface area contributed by atoms with Crippen LogP contribution in [0.1, 0.15) is 39.5 Å². The number of para-hydroxylation sites is 2. The van der Waals surface area contributed by atoms with Gasteiger partial charge in [0.05, 0.1) is 23.0 Å². The van der Waals surface area contributed by atoms with Crippen LogP contribution in [0.25, 0.3) is 11.1 Å². The number of fused-ring (bicyclic) bond motifs is 1. The van der Waals surface area contributed by atoms with Crippen molar-refractivity contribution >= 4 is 48.5 Å². The zero-order chi connectivity index (χ0) is 22.9. The molecular weight excluding hydrogens is 462 g/mol. The molecule has 2 rings (SSSR count). The Bertz CT molecular complexity index is 988. The van der Waals surface area contributed by atoms with Crippen molar-refractivity contribution in [1.82, 2.24) is 4.98 Å². The highest BCUT2D eigenvalue weighted by Gasteiger charge is 2.28. The molecule has 0 aliphatic heterocycles. The third-order valence-electron chi connectivity index (χ3n) is 4.38. The molecule has 174 valence electrons. The molecule has 0 saturated carbocycles. The minimum absolute atomic E-state index is 0.0653. The van der Waals surface area contributed by atoms with E-state index in [0.717, 1.165) is 11.8 Å². The SMILES string of the molecule is CCCCS(=O)(=O)CC(CS(=O)(=O)CCCC)OC(=O)CSc1nc2ccccc2o1. The molecule has 2 aromatic rings. The summed E-state index contributed by atoms with van der Waals surface area (Å²) in [6.07, 6.45) is 1.10. The van der Waals surface area contributed by atoms with Gasteiger partial charge in [0, 0.05) is 0 Å². The zero-order valence-corrected chi connectivity index (χ0v) is 20.2. The van der Waals surface area contributed by atoms with Crippen molar-refractivity contribution in [2.24, 2.45) is 0 Å². The topological polar surface area (TPSA) is 121 Å². The van der Waals surface area contributed by atoms with Crippen LogP contribution in [-0.2, 0) is 29.2 Å². The minimum Gasteiger partial charge on any atom is -0.460 e. The van der Waals surface area contributed by atoms with Crippen LogP contribution < -0.4 is 0 Å². The maximum absolute atomic E-state index is 12.3. The number of carbonyl (C=O) groups excluding carboxylic acids is 1. The number of hydrogen-bond donors (Lipinski definition) is 0. The second-order valence-electron chi connectivity index (χ2n) is 7.28. The summed E-state index contributed by atoms with van der Waals surface area (Å²) >= 11 is 1.01. The number of ether oxygens (including phenoxy) is 1. The summed E-state index contributed by atoms with van der Waals surface area (Å²) in [6, 6.07) is 7.15. The highest BCUT2D eigenvalue weighted by atomic mass is 32.2. The lowest BCUT2D eigenvalue weighted by Crippen LogP contribution is -2.35. The van der Waals surface area contributed by atoms with E-state index in [4.69, 9.17) is 9.15 Å². The van der Waals surface area contributed by atoms with Crippen molar-refractivity contribution < 1.29 is 30.8 Å². The molecule has 0 saturated heterocycles. The fourth-order valence-corrected chi connectivity index (χ4v) is 6.90. The van der Waals surface area contributed by atoms with Crippen molar-refractivity contribution in [3.63, 3.8) is 0 Å². The Kier molecular flexibility index (Phi) is 9.83. The Morgan fingerprint density at radius 2 is 1.61 bits per heavy atom. The van der Waals surface area contributed by atoms with Gasteiger partial charge in [-0.3, -0.25) is 4.79 Å². The van der Waals surface area contributed by atoms with Crippen LogP contribution in [0, 0.1) is 0 Å². The molecule has 1 heterocycles. The normalized spacial score (nSPS) is 12.5. The Balaban J connectivity index is 2.02. The summed E-state index contributed by atoms with van der Waals surface area (Å²) in [5.74, 6) is -2.02. The van der Waals surface area contributed by atoms with Crippen molar-refractivity contribution in [3.8, 4) is 0 Å². The molecule has 1 aromatic heterocycles. The van der Waals surface area contributed by atoms with E-state index in [0.29, 0.717) is 36.8 Å². The van der Waals surface area contributed by atoms with Crippen molar-refractivity contribution in [3.05, 3.63) is 24.3 Å². The molecule has 0 N–H and O–H groups in total. The van der Waals surface area contributed by atoms with Gasteiger partial charge in [-0.2, -0.15) is 0 Å². The second kappa shape index (κ2) is 11.9. The fourth-order valence-electron chi connectivity index (χ4n) is 2.83. The molecule has 0 atom stereocenters. The van der Waals surface area contributed by atoms with Gasteiger partial charge in [-0.05, 0) is 25.0 Å². The van der Waals surface area contributed by atoms with Gasteiger partial charge < -0.3 is 9.15 Å². The monoisotopic (exact) mass is 491 g/mol. The molecule has 0 spiro atoms. The van der Waals surface area contributed by atoms with Gasteiger partial charge in [0.1, 0.15) is 17.4 Å². The zero-order valence-electron chi connectivity index (χ0n) is 17.8. The van der Waals surface area contributed by atoms with E-state index >= 15 is 0 Å². The lowest BCUT2D eigenvalue weighted by Gasteiger charge is -2.18. The highest BCUT2D eigenvalue weighted by molar-refractivity contribution is 7.99. The van der Waals surface area contributed by atoms with E-state index in [1.165, 1.54) is 0 Å². The second-order valence-corrected chi connectivity index (χ2v) is 12.7. The Morgan fingerprint density at radius 1 is 1.03 bits per heavy atom. The number of thioether (sulfide) groups is 1. The summed E-state index contributed by atoms with van der Waals surface area (Å²) in [5.41, 5.74) is 1.24. The van der Waals surface area contributed by atoms with Gasteiger partial charge >= 0.3 is 5.97 Å². The first-order chi connectivity index (χ1) is 14.6. The molecule has 0 bridgehead atoms. The van der Waals surface area contributed by atoms with Crippen LogP contribution in [0.15, 0.2) is 33.9 Å². The number of rotatable bonds is 14. The van der Waals surface area contributed by atoms with Gasteiger partial charge in [0.2, 0.25) is 0 Å². The smallest absolute Gasteiger partial charge is 0.316 e. The van der Waals surface area contributed by atoms with Gasteiger partial charge in [-0.1, -0.05) is 50.6 Å². The lowest BCUT2D eigenvalue weighted by atomic mass is 10.3. The van der Waals surface area contributed by atoms with Crippen molar-refractivity contribution in [2.45, 2.75) is 50.9 Å². The van der Waals surface area contributed by atoms with E-state index < -0.39 is 43.3 Å². The van der Waals surface area contributed by atoms with Gasteiger partial charge in [-0.25, -0.2) is 21.8 Å². The van der Waals surface area contributed by atoms with Crippen LogP contribution in [-0.4, -0.2) is 62.7 Å². The number of nitrogens with zero attached hydrogens (tertiary/aromatic N) is 1. The Labute approximate surface area is 188 Å². The largest absolute Gasteiger partial charge is 0.460 e. The summed E-state index contributed by atoms with van der Waals surface area (Å²) < 4.78 is 60.2. The fraction of sp³-hybridized carbons (Fsp3) is 0.600. The van der Waals surface area contributed by atoms with E-state index in [-0.39, 0.29) is 22.5 Å². The molecule has 0 fully saturated rings. The number of aromatic nitrogens is 1. The number of esters is 1. The molecular formula is C20H29NO7S3. The molecule has 11 heteroatoms. The van der Waals surface area contributed by atoms with Crippen LogP contribution in [0.4, 0.5) is 0 Å². The third-order valence-corrected chi connectivity index (χ3v) is 8.77. The minimum atomic E-state index is -3.55. The quantitative estimate of drug-likeness (QED) is 0.289. The average molecular weight is 492 g/mol. The molecule has 0 radical (unpaired) electrons. The van der Waals surface area contributed by atoms with Gasteiger partial charge in [0.25, 0.3) is 5.22 Å². The molecule has 0 amide bonds. The predicted octanol–water partition coefficient (Wildman–Crippen LogP) is 3.26. The summed E-state index contributed by atoms with van der Waals surface area (Å²) in [4.78, 5) is 16.6. The number of oxazole rings is 1. The van der Waals surface area contributed by atoms with Crippen LogP contribution in [0.3, 0.4) is 0 Å². The molecule has 1 aromatic carbocycles. The number of carbonyl (C=O) groups is 1.